The molecule has 0 aliphatic rings. The number of amides is 2. The van der Waals surface area contributed by atoms with Gasteiger partial charge in [0.1, 0.15) is 17.5 Å². The van der Waals surface area contributed by atoms with Gasteiger partial charge in [-0.25, -0.2) is 0 Å². The molecular weight excluding hydrogens is 472 g/mol. The van der Waals surface area contributed by atoms with Crippen LogP contribution in [0.25, 0.3) is 0 Å². The van der Waals surface area contributed by atoms with Crippen molar-refractivity contribution in [2.75, 3.05) is 13.7 Å². The third-order valence-electron chi connectivity index (χ3n) is 4.95. The fourth-order valence-corrected chi connectivity index (χ4v) is 3.43. The average molecular weight is 505 g/mol. The predicted molar refractivity (Wildman–Crippen MR) is 130 cm³/mol. The molecule has 2 amide bonds. The van der Waals surface area contributed by atoms with Crippen molar-refractivity contribution in [3.63, 3.8) is 0 Å². The highest BCUT2D eigenvalue weighted by Gasteiger charge is 2.28. The molecule has 0 spiro atoms. The Kier molecular flexibility index (Phi) is 8.73. The van der Waals surface area contributed by atoms with E-state index in [4.69, 9.17) is 9.47 Å². The summed E-state index contributed by atoms with van der Waals surface area (Å²) >= 11 is 3.54. The summed E-state index contributed by atoms with van der Waals surface area (Å²) in [6.45, 7) is 11.5. The number of methoxy groups -OCH3 is 1. The number of benzene rings is 2. The van der Waals surface area contributed by atoms with E-state index >= 15 is 0 Å². The van der Waals surface area contributed by atoms with E-state index in [9.17, 15) is 9.59 Å². The maximum atomic E-state index is 13.2. The molecule has 0 unspecified atom stereocenters. The zero-order valence-corrected chi connectivity index (χ0v) is 21.5. The van der Waals surface area contributed by atoms with Crippen molar-refractivity contribution in [3.05, 3.63) is 57.6 Å². The molecular formula is C25H33BrN2O4. The van der Waals surface area contributed by atoms with Gasteiger partial charge in [0, 0.05) is 16.6 Å². The Bertz CT molecular complexity index is 928. The molecule has 2 aromatic rings. The van der Waals surface area contributed by atoms with Crippen molar-refractivity contribution in [2.24, 2.45) is 0 Å². The molecule has 7 heteroatoms. The Balaban J connectivity index is 2.21. The lowest BCUT2D eigenvalue weighted by atomic mass is 10.1. The van der Waals surface area contributed by atoms with Crippen LogP contribution in [0.5, 0.6) is 11.5 Å². The molecule has 1 atom stereocenters. The number of hydrogen-bond donors (Lipinski definition) is 1. The highest BCUT2D eigenvalue weighted by molar-refractivity contribution is 9.10. The van der Waals surface area contributed by atoms with Gasteiger partial charge in [0.15, 0.2) is 6.61 Å². The molecule has 0 saturated carbocycles. The van der Waals surface area contributed by atoms with Gasteiger partial charge in [-0.1, -0.05) is 28.1 Å². The molecule has 0 saturated heterocycles. The first kappa shape index (κ1) is 25.7. The van der Waals surface area contributed by atoms with Crippen LogP contribution < -0.4 is 14.8 Å². The number of carbonyl (C=O) groups is 2. The molecule has 2 rings (SSSR count). The van der Waals surface area contributed by atoms with Gasteiger partial charge < -0.3 is 19.7 Å². The zero-order chi connectivity index (χ0) is 24.1. The van der Waals surface area contributed by atoms with E-state index in [1.165, 1.54) is 0 Å². The van der Waals surface area contributed by atoms with Crippen molar-refractivity contribution < 1.29 is 19.1 Å². The number of ether oxygens (including phenoxy) is 2. The SMILES string of the molecule is COc1ccc(CN(C(=O)COc2cc(C)c(Br)c(C)c2)[C@H](C)C(=O)NC(C)(C)C)cc1. The van der Waals surface area contributed by atoms with Gasteiger partial charge >= 0.3 is 0 Å². The summed E-state index contributed by atoms with van der Waals surface area (Å²) in [5.74, 6) is 0.868. The first-order chi connectivity index (χ1) is 14.9. The largest absolute Gasteiger partial charge is 0.497 e. The smallest absolute Gasteiger partial charge is 0.261 e. The van der Waals surface area contributed by atoms with Gasteiger partial charge in [-0.3, -0.25) is 9.59 Å². The highest BCUT2D eigenvalue weighted by atomic mass is 79.9. The molecule has 0 aliphatic carbocycles. The summed E-state index contributed by atoms with van der Waals surface area (Å²) in [4.78, 5) is 27.5. The number of aryl methyl sites for hydroxylation is 2. The summed E-state index contributed by atoms with van der Waals surface area (Å²) in [6, 6.07) is 10.5. The summed E-state index contributed by atoms with van der Waals surface area (Å²) in [5.41, 5.74) is 2.55. The molecule has 0 heterocycles. The topological polar surface area (TPSA) is 67.9 Å². The number of carbonyl (C=O) groups excluding carboxylic acids is 2. The van der Waals surface area contributed by atoms with Crippen LogP contribution in [-0.4, -0.2) is 42.0 Å². The minimum atomic E-state index is -0.666. The Morgan fingerprint density at radius 2 is 1.62 bits per heavy atom. The molecule has 1 N–H and O–H groups in total. The van der Waals surface area contributed by atoms with Crippen LogP contribution in [0, 0.1) is 13.8 Å². The van der Waals surface area contributed by atoms with Crippen LogP contribution >= 0.6 is 15.9 Å². The molecule has 0 fully saturated rings. The van der Waals surface area contributed by atoms with Crippen LogP contribution in [0.15, 0.2) is 40.9 Å². The molecule has 0 radical (unpaired) electrons. The van der Waals surface area contributed by atoms with E-state index < -0.39 is 11.6 Å². The third kappa shape index (κ3) is 7.26. The lowest BCUT2D eigenvalue weighted by Crippen LogP contribution is -2.53. The normalized spacial score (nSPS) is 12.1. The first-order valence-electron chi connectivity index (χ1n) is 10.5. The Morgan fingerprint density at radius 3 is 2.12 bits per heavy atom. The fourth-order valence-electron chi connectivity index (χ4n) is 3.20. The van der Waals surface area contributed by atoms with E-state index in [1.54, 1.807) is 18.9 Å². The van der Waals surface area contributed by atoms with Gasteiger partial charge in [0.25, 0.3) is 5.91 Å². The second-order valence-electron chi connectivity index (χ2n) is 8.94. The summed E-state index contributed by atoms with van der Waals surface area (Å²) < 4.78 is 12.0. The Morgan fingerprint density at radius 1 is 1.06 bits per heavy atom. The Labute approximate surface area is 199 Å². The van der Waals surface area contributed by atoms with Crippen LogP contribution in [0.1, 0.15) is 44.4 Å². The van der Waals surface area contributed by atoms with E-state index in [1.807, 2.05) is 71.0 Å². The van der Waals surface area contributed by atoms with Crippen LogP contribution in [-0.2, 0) is 16.1 Å². The lowest BCUT2D eigenvalue weighted by molar-refractivity contribution is -0.142. The van der Waals surface area contributed by atoms with Crippen LogP contribution in [0.4, 0.5) is 0 Å². The standard InChI is InChI=1S/C25H33BrN2O4/c1-16-12-21(13-17(2)23(16)26)32-15-22(29)28(18(3)24(30)27-25(4,5)6)14-19-8-10-20(31-7)11-9-19/h8-13,18H,14-15H2,1-7H3,(H,27,30)/t18-/m1/s1. The van der Waals surface area contributed by atoms with E-state index in [2.05, 4.69) is 21.2 Å². The van der Waals surface area contributed by atoms with E-state index in [0.29, 0.717) is 5.75 Å². The van der Waals surface area contributed by atoms with E-state index in [0.717, 1.165) is 26.9 Å². The quantitative estimate of drug-likeness (QED) is 0.561. The predicted octanol–water partition coefficient (Wildman–Crippen LogP) is 4.79. The number of nitrogens with zero attached hydrogens (tertiary/aromatic N) is 1. The van der Waals surface area contributed by atoms with Crippen molar-refractivity contribution >= 4 is 27.7 Å². The lowest BCUT2D eigenvalue weighted by Gasteiger charge is -2.31. The minimum absolute atomic E-state index is 0.163. The van der Waals surface area contributed by atoms with Crippen molar-refractivity contribution in [2.45, 2.75) is 59.7 Å². The molecule has 32 heavy (non-hydrogen) atoms. The maximum absolute atomic E-state index is 13.2. The van der Waals surface area contributed by atoms with Gasteiger partial charge in [-0.15, -0.1) is 0 Å². The van der Waals surface area contributed by atoms with E-state index in [-0.39, 0.29) is 25.0 Å². The second kappa shape index (κ2) is 10.9. The molecule has 0 aliphatic heterocycles. The monoisotopic (exact) mass is 504 g/mol. The molecule has 0 bridgehead atoms. The number of hydrogen-bond acceptors (Lipinski definition) is 4. The molecule has 0 aromatic heterocycles. The minimum Gasteiger partial charge on any atom is -0.497 e. The molecule has 6 nitrogen and oxygen atoms in total. The number of halogens is 1. The van der Waals surface area contributed by atoms with Gasteiger partial charge in [-0.05, 0) is 82.5 Å². The van der Waals surface area contributed by atoms with Crippen molar-refractivity contribution in [3.8, 4) is 11.5 Å². The van der Waals surface area contributed by atoms with Gasteiger partial charge in [0.2, 0.25) is 5.91 Å². The van der Waals surface area contributed by atoms with Crippen molar-refractivity contribution in [1.29, 1.82) is 0 Å². The average Bonchev–Trinajstić information content (AvgIpc) is 2.72. The summed E-state index contributed by atoms with van der Waals surface area (Å²) in [6.07, 6.45) is 0. The Hall–Kier alpha value is -2.54. The van der Waals surface area contributed by atoms with Crippen LogP contribution in [0.2, 0.25) is 0 Å². The molecule has 2 aromatic carbocycles. The molecule has 174 valence electrons. The first-order valence-corrected chi connectivity index (χ1v) is 11.3. The third-order valence-corrected chi connectivity index (χ3v) is 6.20. The van der Waals surface area contributed by atoms with Crippen LogP contribution in [0.3, 0.4) is 0 Å². The van der Waals surface area contributed by atoms with Gasteiger partial charge in [-0.2, -0.15) is 0 Å². The number of rotatable bonds is 8. The number of nitrogens with one attached hydrogen (secondary N) is 1. The van der Waals surface area contributed by atoms with Gasteiger partial charge in [0.05, 0.1) is 7.11 Å². The zero-order valence-electron chi connectivity index (χ0n) is 19.9. The fraction of sp³-hybridized carbons (Fsp3) is 0.440. The maximum Gasteiger partial charge on any atom is 0.261 e. The second-order valence-corrected chi connectivity index (χ2v) is 9.74. The van der Waals surface area contributed by atoms with Crippen molar-refractivity contribution in [1.82, 2.24) is 10.2 Å². The summed E-state index contributed by atoms with van der Waals surface area (Å²) in [5, 5.41) is 2.95. The summed E-state index contributed by atoms with van der Waals surface area (Å²) in [7, 11) is 1.60. The highest BCUT2D eigenvalue weighted by Crippen LogP contribution is 2.26.